The monoisotopic (exact) mass is 1670 g/mol. The lowest BCUT2D eigenvalue weighted by atomic mass is 9.90. The predicted octanol–water partition coefficient (Wildman–Crippen LogP) is 18.8. The molecule has 0 aliphatic heterocycles. The average Bonchev–Trinajstić information content (AvgIpc) is 1.63. The van der Waals surface area contributed by atoms with Crippen LogP contribution >= 0.6 is 45.3 Å². The van der Waals surface area contributed by atoms with E-state index in [9.17, 15) is 4.79 Å². The highest BCUT2D eigenvalue weighted by Crippen LogP contribution is 2.35. The minimum Gasteiger partial charge on any atom is -0.423 e. The standard InChI is InChI=1S/C29H39N7S.C28H35N7OS.C26H33N7S.C5H7BO2S.CH4/c1-5-16-30-23-11-13-24(14-12-23)33-29-34-27(26-28(35-29)36(18-32-26)19(2)3)31-17-21-7-9-22(10-8-21)25-15-6-20(4)37-25;1-17(2)35-16-30-25-26(29-15-20-6-8-21(9-7-20)24-14-5-18(3)37-24)33-28(34-27(25)35)32-23-12-10-22(11-13-23)31-19(4)36;1-16(2)33-15-29-23-24(31-26(32-25(23)33)30-21-11-9-20(27)10-12-21)28-14-18-5-7-19(8-6-18)22-13-4-17(3)34-22;1-4-2-3-5(9-4)6(7)8;/h6-10,15,18-19,23-24,30H,5,11-14,16-17H2,1-4H3,(H2,31,33,34,35);5-9,14,16-17,22-23H,10-13,15H2,1-4H3,(H,31,36)(H2,29,32,33,34);4-8,13,15-16,20-21H,9-12,14,27H2,1-3H3,(H2,28,30,31,32);2-3,7-8H,1H3;1H4. The Morgan fingerprint density at radius 3 is 1.03 bits per heavy atom. The highest BCUT2D eigenvalue weighted by molar-refractivity contribution is 7.22. The molecule has 3 aliphatic rings. The maximum absolute atomic E-state index is 11.4. The smallest absolute Gasteiger partial charge is 0.423 e. The van der Waals surface area contributed by atoms with Crippen molar-refractivity contribution in [3.63, 3.8) is 0 Å². The quantitative estimate of drug-likeness (QED) is 0.0224. The third-order valence-corrected chi connectivity index (χ3v) is 25.8. The number of carbonyl (C=O) groups is 1. The number of fused-ring (bicyclic) bond motifs is 3. The Morgan fingerprint density at radius 2 is 0.754 bits per heavy atom. The van der Waals surface area contributed by atoms with Gasteiger partial charge in [0.2, 0.25) is 23.8 Å². The highest BCUT2D eigenvalue weighted by atomic mass is 32.1. The van der Waals surface area contributed by atoms with Crippen LogP contribution in [0.15, 0.2) is 140 Å². The van der Waals surface area contributed by atoms with Gasteiger partial charge >= 0.3 is 7.12 Å². The van der Waals surface area contributed by atoms with E-state index in [2.05, 4.69) is 250 Å². The molecule has 3 aliphatic carbocycles. The van der Waals surface area contributed by atoms with E-state index >= 15 is 0 Å². The second-order valence-corrected chi connectivity index (χ2v) is 37.1. The summed E-state index contributed by atoms with van der Waals surface area (Å²) < 4.78 is 6.91. The van der Waals surface area contributed by atoms with Gasteiger partial charge in [-0.3, -0.25) is 4.79 Å². The van der Waals surface area contributed by atoms with E-state index < -0.39 is 7.12 Å². The van der Waals surface area contributed by atoms with E-state index in [0.29, 0.717) is 66.4 Å². The SMILES string of the molecule is C.CC(=O)NC1CCC(Nc2nc(NCc3ccc(-c4ccc(C)s4)cc3)c3ncn(C(C)C)c3n2)CC1.CCCNC1CCC(Nc2nc(NCc3ccc(-c4ccc(C)s4)cc3)c3ncn(C(C)C)c3n2)CC1.Cc1ccc(-c2ccc(CNc3nc(NC4CCC(N)CC4)nc4c3ncn4C(C)C)cc2)s1.Cc1ccc(B(O)O)s1. The summed E-state index contributed by atoms with van der Waals surface area (Å²) in [5.74, 6) is 4.27. The number of imidazole rings is 3. The van der Waals surface area contributed by atoms with E-state index in [1.165, 1.54) is 93.2 Å². The Kier molecular flexibility index (Phi) is 30.7. The summed E-state index contributed by atoms with van der Waals surface area (Å²) in [5, 5.41) is 45.3. The van der Waals surface area contributed by atoms with Crippen molar-refractivity contribution in [3.8, 4) is 31.3 Å². The normalized spacial score (nSPS) is 17.3. The Hall–Kier alpha value is -9.72. The van der Waals surface area contributed by atoms with Crippen LogP contribution in [0.25, 0.3) is 64.8 Å². The van der Waals surface area contributed by atoms with Crippen molar-refractivity contribution in [2.24, 2.45) is 5.73 Å². The molecule has 29 heteroatoms. The number of hydrogen-bond donors (Lipinski definition) is 11. The molecule has 0 spiro atoms. The van der Waals surface area contributed by atoms with Crippen molar-refractivity contribution in [2.45, 2.75) is 248 Å². The van der Waals surface area contributed by atoms with Crippen LogP contribution in [0.5, 0.6) is 0 Å². The lowest BCUT2D eigenvalue weighted by molar-refractivity contribution is -0.119. The summed E-state index contributed by atoms with van der Waals surface area (Å²) in [6.45, 7) is 28.1. The number of thiophene rings is 4. The first-order valence-corrected chi connectivity index (χ1v) is 44.7. The summed E-state index contributed by atoms with van der Waals surface area (Å²) in [7, 11) is -1.30. The van der Waals surface area contributed by atoms with Crippen LogP contribution in [0.4, 0.5) is 35.3 Å². The van der Waals surface area contributed by atoms with Crippen molar-refractivity contribution in [2.75, 3.05) is 38.4 Å². The molecule has 12 N–H and O–H groups in total. The van der Waals surface area contributed by atoms with Crippen molar-refractivity contribution < 1.29 is 14.8 Å². The number of nitrogens with one attached hydrogen (secondary N) is 8. The topological polar surface area (TPSA) is 311 Å². The zero-order valence-corrected chi connectivity index (χ0v) is 72.7. The Morgan fingerprint density at radius 1 is 0.441 bits per heavy atom. The summed E-state index contributed by atoms with van der Waals surface area (Å²) in [6.07, 6.45) is 19.4. The molecule has 3 fully saturated rings. The number of hydrogen-bond acceptors (Lipinski definition) is 24. The van der Waals surface area contributed by atoms with Crippen molar-refractivity contribution in [1.82, 2.24) is 69.2 Å². The molecular weight excluding hydrogens is 1550 g/mol. The molecule has 24 nitrogen and oxygen atoms in total. The molecule has 10 heterocycles. The number of aryl methyl sites for hydroxylation is 4. The summed E-state index contributed by atoms with van der Waals surface area (Å²) >= 11 is 6.86. The highest BCUT2D eigenvalue weighted by Gasteiger charge is 2.27. The van der Waals surface area contributed by atoms with Crippen LogP contribution in [0.2, 0.25) is 0 Å². The lowest BCUT2D eigenvalue weighted by Crippen LogP contribution is -2.39. The number of nitrogens with two attached hydrogens (primary N) is 1. The maximum Gasteiger partial charge on any atom is 0.499 e. The average molecular weight is 1670 g/mol. The van der Waals surface area contributed by atoms with Gasteiger partial charge in [-0.25, -0.2) is 15.0 Å². The van der Waals surface area contributed by atoms with Gasteiger partial charge < -0.3 is 72.0 Å². The van der Waals surface area contributed by atoms with Crippen LogP contribution in [0.3, 0.4) is 0 Å². The first-order chi connectivity index (χ1) is 56.5. The molecule has 16 rings (SSSR count). The minimum atomic E-state index is -1.30. The van der Waals surface area contributed by atoms with Crippen LogP contribution in [-0.2, 0) is 24.4 Å². The van der Waals surface area contributed by atoms with Crippen LogP contribution < -0.4 is 53.0 Å². The van der Waals surface area contributed by atoms with Crippen LogP contribution in [-0.4, -0.2) is 124 Å². The van der Waals surface area contributed by atoms with E-state index in [1.807, 2.05) is 66.0 Å². The molecule has 0 atom stereocenters. The molecule has 624 valence electrons. The van der Waals surface area contributed by atoms with Crippen molar-refractivity contribution >= 4 is 132 Å². The maximum atomic E-state index is 11.4. The predicted molar refractivity (Wildman–Crippen MR) is 493 cm³/mol. The zero-order chi connectivity index (χ0) is 82.2. The Balaban J connectivity index is 0.000000154. The Bertz CT molecular complexity index is 5330. The van der Waals surface area contributed by atoms with Gasteiger partial charge in [0.25, 0.3) is 0 Å². The number of nitrogens with zero attached hydrogens (tertiary/aromatic N) is 12. The Labute approximate surface area is 711 Å². The number of carbonyl (C=O) groups excluding carboxylic acids is 1. The number of benzene rings is 3. The lowest BCUT2D eigenvalue weighted by Gasteiger charge is -2.29. The second kappa shape index (κ2) is 41.3. The third kappa shape index (κ3) is 23.4. The minimum absolute atomic E-state index is 0. The molecule has 13 aromatic rings. The van der Waals surface area contributed by atoms with Gasteiger partial charge in [-0.1, -0.05) is 93.2 Å². The fourth-order valence-corrected chi connectivity index (χ4v) is 18.4. The van der Waals surface area contributed by atoms with Gasteiger partial charge in [-0.15, -0.1) is 45.3 Å². The van der Waals surface area contributed by atoms with Crippen LogP contribution in [0, 0.1) is 27.7 Å². The molecule has 10 aromatic heterocycles. The summed E-state index contributed by atoms with van der Waals surface area (Å²) in [4.78, 5) is 63.5. The number of rotatable bonds is 26. The fraction of sp³-hybridized carbons (Fsp3) is 0.438. The van der Waals surface area contributed by atoms with Gasteiger partial charge in [0.1, 0.15) is 0 Å². The third-order valence-electron chi connectivity index (χ3n) is 21.6. The van der Waals surface area contributed by atoms with Gasteiger partial charge in [-0.2, -0.15) is 29.9 Å². The van der Waals surface area contributed by atoms with E-state index in [0.717, 1.165) is 127 Å². The molecule has 0 saturated heterocycles. The zero-order valence-electron chi connectivity index (χ0n) is 69.5. The molecule has 0 unspecified atom stereocenters. The van der Waals surface area contributed by atoms with Crippen molar-refractivity contribution in [3.05, 3.63) is 177 Å². The largest absolute Gasteiger partial charge is 0.499 e. The number of aromatic nitrogens is 12. The van der Waals surface area contributed by atoms with Gasteiger partial charge in [0.15, 0.2) is 50.9 Å². The number of amides is 1. The van der Waals surface area contributed by atoms with Crippen molar-refractivity contribution in [1.29, 1.82) is 0 Å². The molecule has 1 amide bonds. The van der Waals surface area contributed by atoms with E-state index in [1.54, 1.807) is 13.0 Å². The second-order valence-electron chi connectivity index (χ2n) is 31.9. The molecular formula is C89H118BN21O3S4. The molecule has 0 bridgehead atoms. The summed E-state index contributed by atoms with van der Waals surface area (Å²) in [6, 6.07) is 45.8. The first kappa shape index (κ1) is 87.6. The molecule has 3 saturated carbocycles. The van der Waals surface area contributed by atoms with Crippen LogP contribution in [0.1, 0.15) is 201 Å². The van der Waals surface area contributed by atoms with Gasteiger partial charge in [-0.05, 0) is 235 Å². The molecule has 0 radical (unpaired) electrons. The first-order valence-electron chi connectivity index (χ1n) is 41.4. The van der Waals surface area contributed by atoms with Gasteiger partial charge in [0, 0.05) is 120 Å². The molecule has 118 heavy (non-hydrogen) atoms. The number of anilines is 6. The van der Waals surface area contributed by atoms with Gasteiger partial charge in [0.05, 0.1) is 19.0 Å². The van der Waals surface area contributed by atoms with E-state index in [4.69, 9.17) is 45.7 Å². The fourth-order valence-electron chi connectivity index (χ4n) is 15.0. The summed E-state index contributed by atoms with van der Waals surface area (Å²) in [5.41, 5.74) is 18.4. The van der Waals surface area contributed by atoms with E-state index in [-0.39, 0.29) is 43.5 Å². The molecule has 3 aromatic carbocycles.